The number of nitrogens with two attached hydrogens (primary N) is 2. The number of benzene rings is 1. The van der Waals surface area contributed by atoms with E-state index in [9.17, 15) is 0 Å². The molecule has 4 N–H and O–H groups in total. The molecule has 0 spiro atoms. The Morgan fingerprint density at radius 3 is 1.63 bits per heavy atom. The number of nitrogen functional groups attached to an aromatic ring is 2. The quantitative estimate of drug-likeness (QED) is 0.817. The summed E-state index contributed by atoms with van der Waals surface area (Å²) in [5.74, 6) is 0.415. The molecule has 5 heteroatoms. The summed E-state index contributed by atoms with van der Waals surface area (Å²) < 4.78 is 0. The number of aromatic nitrogens is 3. The number of hydrogen-bond donors (Lipinski definition) is 2. The zero-order valence-corrected chi connectivity index (χ0v) is 12.0. The highest BCUT2D eigenvalue weighted by Gasteiger charge is 2.18. The van der Waals surface area contributed by atoms with E-state index >= 15 is 0 Å². The van der Waals surface area contributed by atoms with Crippen LogP contribution in [0.15, 0.2) is 0 Å². The summed E-state index contributed by atoms with van der Waals surface area (Å²) in [4.78, 5) is 4.00. The highest BCUT2D eigenvalue weighted by Crippen LogP contribution is 2.34. The second-order valence-electron chi connectivity index (χ2n) is 4.90. The van der Waals surface area contributed by atoms with Crippen LogP contribution in [0, 0.1) is 34.6 Å². The van der Waals surface area contributed by atoms with Gasteiger partial charge in [-0.3, -0.25) is 0 Å². The number of nitrogens with zero attached hydrogens (tertiary/aromatic N) is 3. The minimum Gasteiger partial charge on any atom is -0.382 e. The minimum atomic E-state index is 0.0945. The Balaban J connectivity index is 2.83. The van der Waals surface area contributed by atoms with Gasteiger partial charge in [-0.05, 0) is 62.4 Å². The van der Waals surface area contributed by atoms with Crippen LogP contribution < -0.4 is 11.5 Å². The van der Waals surface area contributed by atoms with Crippen molar-refractivity contribution in [3.63, 3.8) is 0 Å². The van der Waals surface area contributed by atoms with Crippen LogP contribution in [0.5, 0.6) is 0 Å². The molecule has 0 bridgehead atoms. The maximum absolute atomic E-state index is 5.94. The molecule has 0 aliphatic heterocycles. The van der Waals surface area contributed by atoms with Gasteiger partial charge >= 0.3 is 0 Å². The van der Waals surface area contributed by atoms with Crippen molar-refractivity contribution in [3.05, 3.63) is 27.8 Å². The molecule has 0 saturated carbocycles. The van der Waals surface area contributed by atoms with Crippen molar-refractivity contribution in [2.24, 2.45) is 0 Å². The van der Waals surface area contributed by atoms with E-state index in [1.54, 1.807) is 0 Å². The van der Waals surface area contributed by atoms with E-state index in [-0.39, 0.29) is 5.95 Å². The number of anilines is 2. The molecule has 19 heavy (non-hydrogen) atoms. The lowest BCUT2D eigenvalue weighted by Gasteiger charge is -2.18. The van der Waals surface area contributed by atoms with Crippen LogP contribution in [0.25, 0.3) is 11.3 Å². The van der Waals surface area contributed by atoms with Gasteiger partial charge in [-0.2, -0.15) is 4.98 Å². The maximum atomic E-state index is 5.94. The standard InChI is InChI=1S/C14H19N5/c1-6-7(2)9(4)11(10(5)8(6)3)12-13(15)17-14(16)19-18-12/h1-5H3,(H4,15,16,17,19). The van der Waals surface area contributed by atoms with Crippen molar-refractivity contribution in [1.82, 2.24) is 15.2 Å². The molecule has 1 heterocycles. The molecule has 1 aromatic carbocycles. The van der Waals surface area contributed by atoms with Crippen molar-refractivity contribution in [3.8, 4) is 11.3 Å². The van der Waals surface area contributed by atoms with Gasteiger partial charge in [-0.25, -0.2) is 0 Å². The van der Waals surface area contributed by atoms with E-state index in [1.165, 1.54) is 16.7 Å². The van der Waals surface area contributed by atoms with E-state index < -0.39 is 0 Å². The molecule has 0 amide bonds. The van der Waals surface area contributed by atoms with Crippen LogP contribution in [0.2, 0.25) is 0 Å². The Kier molecular flexibility index (Phi) is 3.14. The fourth-order valence-electron chi connectivity index (χ4n) is 2.38. The lowest BCUT2D eigenvalue weighted by Crippen LogP contribution is -2.07. The van der Waals surface area contributed by atoms with E-state index in [4.69, 9.17) is 11.5 Å². The minimum absolute atomic E-state index is 0.0945. The SMILES string of the molecule is Cc1c(C)c(C)c(-c2nnc(N)nc2N)c(C)c1C. The van der Waals surface area contributed by atoms with Crippen molar-refractivity contribution in [2.75, 3.05) is 11.5 Å². The monoisotopic (exact) mass is 257 g/mol. The van der Waals surface area contributed by atoms with Crippen LogP contribution >= 0.6 is 0 Å². The van der Waals surface area contributed by atoms with Crippen molar-refractivity contribution >= 4 is 11.8 Å². The first-order valence-corrected chi connectivity index (χ1v) is 6.17. The Morgan fingerprint density at radius 1 is 0.684 bits per heavy atom. The molecule has 0 unspecified atom stereocenters. The molecule has 2 rings (SSSR count). The Morgan fingerprint density at radius 2 is 1.16 bits per heavy atom. The van der Waals surface area contributed by atoms with E-state index in [0.29, 0.717) is 11.5 Å². The van der Waals surface area contributed by atoms with Crippen LogP contribution in [0.1, 0.15) is 27.8 Å². The van der Waals surface area contributed by atoms with E-state index in [0.717, 1.165) is 16.7 Å². The van der Waals surface area contributed by atoms with Gasteiger partial charge in [0, 0.05) is 5.56 Å². The number of rotatable bonds is 1. The van der Waals surface area contributed by atoms with Gasteiger partial charge in [0.2, 0.25) is 5.95 Å². The summed E-state index contributed by atoms with van der Waals surface area (Å²) in [6.07, 6.45) is 0. The topological polar surface area (TPSA) is 90.7 Å². The van der Waals surface area contributed by atoms with Gasteiger partial charge in [0.05, 0.1) is 0 Å². The Hall–Kier alpha value is -2.17. The molecule has 0 saturated heterocycles. The Labute approximate surface area is 113 Å². The van der Waals surface area contributed by atoms with Crippen molar-refractivity contribution in [1.29, 1.82) is 0 Å². The van der Waals surface area contributed by atoms with Gasteiger partial charge in [-0.1, -0.05) is 0 Å². The van der Waals surface area contributed by atoms with Gasteiger partial charge in [-0.15, -0.1) is 10.2 Å². The third kappa shape index (κ3) is 2.01. The van der Waals surface area contributed by atoms with E-state index in [2.05, 4.69) is 49.8 Å². The Bertz CT molecular complexity index is 632. The molecule has 0 radical (unpaired) electrons. The molecule has 0 atom stereocenters. The predicted octanol–water partition coefficient (Wildman–Crippen LogP) is 2.25. The summed E-state index contributed by atoms with van der Waals surface area (Å²) >= 11 is 0. The largest absolute Gasteiger partial charge is 0.382 e. The molecular weight excluding hydrogens is 238 g/mol. The summed E-state index contributed by atoms with van der Waals surface area (Å²) in [6.45, 7) is 10.5. The fraction of sp³-hybridized carbons (Fsp3) is 0.357. The zero-order valence-electron chi connectivity index (χ0n) is 12.0. The van der Waals surface area contributed by atoms with E-state index in [1.807, 2.05) is 0 Å². The third-order valence-electron chi connectivity index (χ3n) is 3.97. The molecule has 1 aromatic heterocycles. The molecule has 0 aliphatic carbocycles. The van der Waals surface area contributed by atoms with Crippen molar-refractivity contribution < 1.29 is 0 Å². The third-order valence-corrected chi connectivity index (χ3v) is 3.97. The van der Waals surface area contributed by atoms with Gasteiger partial charge < -0.3 is 11.5 Å². The molecular formula is C14H19N5. The van der Waals surface area contributed by atoms with Gasteiger partial charge in [0.25, 0.3) is 0 Å². The summed E-state index contributed by atoms with van der Waals surface area (Å²) in [5, 5.41) is 7.94. The van der Waals surface area contributed by atoms with Crippen LogP contribution in [-0.4, -0.2) is 15.2 Å². The zero-order chi connectivity index (χ0) is 14.3. The fourth-order valence-corrected chi connectivity index (χ4v) is 2.38. The maximum Gasteiger partial charge on any atom is 0.242 e. The van der Waals surface area contributed by atoms with Crippen LogP contribution in [0.4, 0.5) is 11.8 Å². The first-order chi connectivity index (χ1) is 8.84. The molecule has 100 valence electrons. The van der Waals surface area contributed by atoms with Gasteiger partial charge in [0.15, 0.2) is 5.82 Å². The highest BCUT2D eigenvalue weighted by molar-refractivity contribution is 5.78. The molecule has 0 aliphatic rings. The lowest BCUT2D eigenvalue weighted by molar-refractivity contribution is 0.993. The summed E-state index contributed by atoms with van der Waals surface area (Å²) in [6, 6.07) is 0. The summed E-state index contributed by atoms with van der Waals surface area (Å²) in [7, 11) is 0. The highest BCUT2D eigenvalue weighted by atomic mass is 15.2. The molecule has 5 nitrogen and oxygen atoms in total. The average Bonchev–Trinajstić information content (AvgIpc) is 2.37. The van der Waals surface area contributed by atoms with Gasteiger partial charge in [0.1, 0.15) is 5.69 Å². The van der Waals surface area contributed by atoms with Crippen LogP contribution in [0.3, 0.4) is 0 Å². The lowest BCUT2D eigenvalue weighted by atomic mass is 9.88. The smallest absolute Gasteiger partial charge is 0.242 e. The summed E-state index contributed by atoms with van der Waals surface area (Å²) in [5.41, 5.74) is 19.2. The second kappa shape index (κ2) is 4.50. The van der Waals surface area contributed by atoms with Crippen molar-refractivity contribution in [2.45, 2.75) is 34.6 Å². The average molecular weight is 257 g/mol. The molecule has 0 fully saturated rings. The van der Waals surface area contributed by atoms with Crippen LogP contribution in [-0.2, 0) is 0 Å². The first-order valence-electron chi connectivity index (χ1n) is 6.17. The number of hydrogen-bond acceptors (Lipinski definition) is 5. The normalized spacial score (nSPS) is 10.8. The first kappa shape index (κ1) is 13.3. The molecule has 2 aromatic rings. The second-order valence-corrected chi connectivity index (χ2v) is 4.90. The predicted molar refractivity (Wildman–Crippen MR) is 77.8 cm³/mol.